The average molecular weight is 474 g/mol. The van der Waals surface area contributed by atoms with Gasteiger partial charge in [-0.1, -0.05) is 25.1 Å². The van der Waals surface area contributed by atoms with Gasteiger partial charge in [0.25, 0.3) is 5.91 Å². The summed E-state index contributed by atoms with van der Waals surface area (Å²) in [6.07, 6.45) is 0.771. The zero-order valence-electron chi connectivity index (χ0n) is 20.1. The predicted octanol–water partition coefficient (Wildman–Crippen LogP) is 6.17. The molecule has 3 aromatic carbocycles. The van der Waals surface area contributed by atoms with Gasteiger partial charge in [-0.25, -0.2) is 9.07 Å². The van der Waals surface area contributed by atoms with Crippen molar-refractivity contribution >= 4 is 5.91 Å². The van der Waals surface area contributed by atoms with E-state index in [0.717, 1.165) is 29.1 Å². The number of rotatable bonds is 9. The molecule has 180 valence electrons. The van der Waals surface area contributed by atoms with Gasteiger partial charge in [0.2, 0.25) is 5.88 Å². The molecule has 4 rings (SSSR count). The minimum absolute atomic E-state index is 0.172. The molecule has 35 heavy (non-hydrogen) atoms. The second-order valence-corrected chi connectivity index (χ2v) is 8.13. The highest BCUT2D eigenvalue weighted by atomic mass is 19.1. The summed E-state index contributed by atoms with van der Waals surface area (Å²) in [7, 11) is 1.61. The highest BCUT2D eigenvalue weighted by Crippen LogP contribution is 2.32. The Morgan fingerprint density at radius 2 is 1.63 bits per heavy atom. The molecule has 6 nitrogen and oxygen atoms in total. The number of carbonyl (C=O) groups excluding carboxylic acids is 1. The third-order valence-electron chi connectivity index (χ3n) is 5.63. The van der Waals surface area contributed by atoms with Gasteiger partial charge in [0.05, 0.1) is 30.6 Å². The fraction of sp³-hybridized carbons (Fsp3) is 0.214. The van der Waals surface area contributed by atoms with Crippen LogP contribution in [-0.2, 0) is 6.54 Å². The number of ether oxygens (including phenoxy) is 2. The van der Waals surface area contributed by atoms with Gasteiger partial charge in [-0.3, -0.25) is 4.79 Å². The lowest BCUT2D eigenvalue weighted by Crippen LogP contribution is -2.31. The smallest absolute Gasteiger partial charge is 0.254 e. The summed E-state index contributed by atoms with van der Waals surface area (Å²) < 4.78 is 26.8. The van der Waals surface area contributed by atoms with Crippen LogP contribution in [0.3, 0.4) is 0 Å². The lowest BCUT2D eigenvalue weighted by Gasteiger charge is -2.23. The molecule has 0 N–H and O–H groups in total. The van der Waals surface area contributed by atoms with Crippen LogP contribution in [0.15, 0.2) is 78.9 Å². The zero-order valence-corrected chi connectivity index (χ0v) is 20.1. The highest BCUT2D eigenvalue weighted by Gasteiger charge is 2.24. The van der Waals surface area contributed by atoms with Crippen LogP contribution in [0.2, 0.25) is 0 Å². The van der Waals surface area contributed by atoms with Gasteiger partial charge < -0.3 is 14.4 Å². The SMILES string of the molecule is CCCN(Cc1c(C)nn(-c2ccccc2)c1Oc1ccc(OC)cc1)C(=O)c1ccc(F)cc1. The minimum atomic E-state index is -0.376. The molecule has 0 aliphatic rings. The van der Waals surface area contributed by atoms with Crippen LogP contribution in [-0.4, -0.2) is 34.2 Å². The predicted molar refractivity (Wildman–Crippen MR) is 133 cm³/mol. The van der Waals surface area contributed by atoms with Crippen molar-refractivity contribution in [1.29, 1.82) is 0 Å². The van der Waals surface area contributed by atoms with Gasteiger partial charge in [0.1, 0.15) is 17.3 Å². The molecule has 0 fully saturated rings. The average Bonchev–Trinajstić information content (AvgIpc) is 3.19. The summed E-state index contributed by atoms with van der Waals surface area (Å²) in [5, 5.41) is 4.75. The molecular weight excluding hydrogens is 445 g/mol. The Labute approximate surface area is 204 Å². The molecule has 1 amide bonds. The number of amides is 1. The molecule has 7 heteroatoms. The van der Waals surface area contributed by atoms with E-state index in [-0.39, 0.29) is 11.7 Å². The number of carbonyl (C=O) groups is 1. The number of halogens is 1. The fourth-order valence-electron chi connectivity index (χ4n) is 3.81. The fourth-order valence-corrected chi connectivity index (χ4v) is 3.81. The van der Waals surface area contributed by atoms with Crippen molar-refractivity contribution in [3.8, 4) is 23.1 Å². The Balaban J connectivity index is 1.73. The van der Waals surface area contributed by atoms with E-state index in [4.69, 9.17) is 14.6 Å². The molecule has 0 unspecified atom stereocenters. The number of para-hydroxylation sites is 1. The Kier molecular flexibility index (Phi) is 7.45. The van der Waals surface area contributed by atoms with Crippen molar-refractivity contribution in [2.75, 3.05) is 13.7 Å². The van der Waals surface area contributed by atoms with E-state index in [1.54, 1.807) is 16.7 Å². The molecular formula is C28H28FN3O3. The first-order valence-corrected chi connectivity index (χ1v) is 11.5. The molecule has 1 aromatic heterocycles. The maximum atomic E-state index is 13.4. The molecule has 0 spiro atoms. The van der Waals surface area contributed by atoms with Crippen LogP contribution in [0, 0.1) is 12.7 Å². The lowest BCUT2D eigenvalue weighted by atomic mass is 10.1. The van der Waals surface area contributed by atoms with Gasteiger partial charge >= 0.3 is 0 Å². The summed E-state index contributed by atoms with van der Waals surface area (Å²) in [6, 6.07) is 22.6. The summed E-state index contributed by atoms with van der Waals surface area (Å²) in [6.45, 7) is 4.75. The number of aryl methyl sites for hydroxylation is 1. The van der Waals surface area contributed by atoms with Crippen LogP contribution >= 0.6 is 0 Å². The van der Waals surface area contributed by atoms with Crippen molar-refractivity contribution in [2.24, 2.45) is 0 Å². The Morgan fingerprint density at radius 1 is 0.971 bits per heavy atom. The van der Waals surface area contributed by atoms with E-state index in [1.807, 2.05) is 68.4 Å². The van der Waals surface area contributed by atoms with Crippen molar-refractivity contribution in [3.63, 3.8) is 0 Å². The van der Waals surface area contributed by atoms with Crippen molar-refractivity contribution < 1.29 is 18.7 Å². The molecule has 0 saturated carbocycles. The van der Waals surface area contributed by atoms with E-state index in [9.17, 15) is 9.18 Å². The number of hydrogen-bond acceptors (Lipinski definition) is 4. The van der Waals surface area contributed by atoms with E-state index >= 15 is 0 Å². The summed E-state index contributed by atoms with van der Waals surface area (Å²) in [5.74, 6) is 1.33. The second kappa shape index (κ2) is 10.9. The molecule has 0 saturated heterocycles. The van der Waals surface area contributed by atoms with E-state index in [0.29, 0.717) is 30.3 Å². The lowest BCUT2D eigenvalue weighted by molar-refractivity contribution is 0.0742. The van der Waals surface area contributed by atoms with Crippen LogP contribution in [0.25, 0.3) is 5.69 Å². The minimum Gasteiger partial charge on any atom is -0.497 e. The highest BCUT2D eigenvalue weighted by molar-refractivity contribution is 5.94. The number of nitrogens with zero attached hydrogens (tertiary/aromatic N) is 3. The van der Waals surface area contributed by atoms with E-state index in [1.165, 1.54) is 24.3 Å². The number of aromatic nitrogens is 2. The third-order valence-corrected chi connectivity index (χ3v) is 5.63. The molecule has 4 aromatic rings. The first kappa shape index (κ1) is 24.0. The maximum Gasteiger partial charge on any atom is 0.254 e. The maximum absolute atomic E-state index is 13.4. The van der Waals surface area contributed by atoms with Crippen LogP contribution in [0.4, 0.5) is 4.39 Å². The quantitative estimate of drug-likeness (QED) is 0.292. The summed E-state index contributed by atoms with van der Waals surface area (Å²) >= 11 is 0. The van der Waals surface area contributed by atoms with Crippen molar-refractivity contribution in [1.82, 2.24) is 14.7 Å². The van der Waals surface area contributed by atoms with E-state index < -0.39 is 0 Å². The van der Waals surface area contributed by atoms with Crippen molar-refractivity contribution in [3.05, 3.63) is 102 Å². The van der Waals surface area contributed by atoms with E-state index in [2.05, 4.69) is 0 Å². The number of hydrogen-bond donors (Lipinski definition) is 0. The first-order valence-electron chi connectivity index (χ1n) is 11.5. The topological polar surface area (TPSA) is 56.6 Å². The van der Waals surface area contributed by atoms with Crippen molar-refractivity contribution in [2.45, 2.75) is 26.8 Å². The zero-order chi connectivity index (χ0) is 24.8. The standard InChI is InChI=1S/C28H28FN3O3/c1-4-18-31(27(33)21-10-12-22(29)13-11-21)19-26-20(2)30-32(23-8-6-5-7-9-23)28(26)35-25-16-14-24(34-3)15-17-25/h5-17H,4,18-19H2,1-3H3. The van der Waals surface area contributed by atoms with Gasteiger partial charge in [-0.15, -0.1) is 0 Å². The monoisotopic (exact) mass is 473 g/mol. The Morgan fingerprint density at radius 3 is 2.26 bits per heavy atom. The molecule has 0 aliphatic heterocycles. The largest absolute Gasteiger partial charge is 0.497 e. The van der Waals surface area contributed by atoms with Crippen LogP contribution < -0.4 is 9.47 Å². The Hall–Kier alpha value is -4.13. The molecule has 0 bridgehead atoms. The molecule has 1 heterocycles. The van der Waals surface area contributed by atoms with Gasteiger partial charge in [-0.05, 0) is 74.0 Å². The van der Waals surface area contributed by atoms with Gasteiger partial charge in [0.15, 0.2) is 0 Å². The third kappa shape index (κ3) is 5.51. The normalized spacial score (nSPS) is 10.7. The molecule has 0 radical (unpaired) electrons. The Bertz CT molecular complexity index is 1270. The first-order chi connectivity index (χ1) is 17.0. The van der Waals surface area contributed by atoms with Gasteiger partial charge in [0, 0.05) is 12.1 Å². The summed E-state index contributed by atoms with van der Waals surface area (Å²) in [4.78, 5) is 15.0. The number of methoxy groups -OCH3 is 1. The second-order valence-electron chi connectivity index (χ2n) is 8.13. The molecule has 0 atom stereocenters. The van der Waals surface area contributed by atoms with Crippen LogP contribution in [0.1, 0.15) is 35.0 Å². The summed E-state index contributed by atoms with van der Waals surface area (Å²) in [5.41, 5.74) is 2.83. The number of benzene rings is 3. The van der Waals surface area contributed by atoms with Crippen LogP contribution in [0.5, 0.6) is 17.4 Å². The molecule has 0 aliphatic carbocycles. The van der Waals surface area contributed by atoms with Gasteiger partial charge in [-0.2, -0.15) is 5.10 Å².